The van der Waals surface area contributed by atoms with Crippen molar-refractivity contribution in [3.8, 4) is 12.1 Å². The van der Waals surface area contributed by atoms with Crippen molar-refractivity contribution in [3.05, 3.63) is 33.2 Å². The second kappa shape index (κ2) is 4.34. The fourth-order valence-corrected chi connectivity index (χ4v) is 1.07. The van der Waals surface area contributed by atoms with E-state index in [0.29, 0.717) is 0 Å². The number of pyridine rings is 1. The molecular weight excluding hydrogens is 204 g/mol. The molecule has 15 heavy (non-hydrogen) atoms. The number of hydrogen-bond donors (Lipinski definition) is 1. The van der Waals surface area contributed by atoms with Gasteiger partial charge in [-0.2, -0.15) is 10.5 Å². The van der Waals surface area contributed by atoms with Gasteiger partial charge in [0, 0.05) is 5.69 Å². The third-order valence-electron chi connectivity index (χ3n) is 1.76. The lowest BCUT2D eigenvalue weighted by Gasteiger charge is -2.02. The number of nitrogens with one attached hydrogen (secondary N) is 1. The number of rotatable bonds is 2. The third-order valence-corrected chi connectivity index (χ3v) is 1.76. The van der Waals surface area contributed by atoms with Gasteiger partial charge in [0.1, 0.15) is 6.07 Å². The Hall–Kier alpha value is -2.21. The summed E-state index contributed by atoms with van der Waals surface area (Å²) in [6, 6.07) is 4.19. The molecule has 0 radical (unpaired) electrons. The van der Waals surface area contributed by atoms with E-state index in [0.717, 1.165) is 6.07 Å². The second-order valence-electron chi connectivity index (χ2n) is 2.69. The number of nitriles is 2. The van der Waals surface area contributed by atoms with Crippen molar-refractivity contribution in [3.63, 3.8) is 0 Å². The molecule has 0 amide bonds. The highest BCUT2D eigenvalue weighted by atomic mass is 19.3. The van der Waals surface area contributed by atoms with Gasteiger partial charge in [0.05, 0.1) is 23.6 Å². The number of aromatic amines is 1. The molecule has 6 heteroatoms. The first-order valence-corrected chi connectivity index (χ1v) is 3.91. The molecule has 0 saturated carbocycles. The molecule has 76 valence electrons. The molecular formula is C9H5F2N3O. The smallest absolute Gasteiger partial charge is 0.269 e. The molecule has 0 atom stereocenters. The van der Waals surface area contributed by atoms with Crippen LogP contribution in [-0.4, -0.2) is 4.98 Å². The van der Waals surface area contributed by atoms with Gasteiger partial charge in [-0.05, 0) is 6.07 Å². The fourth-order valence-electron chi connectivity index (χ4n) is 1.07. The van der Waals surface area contributed by atoms with E-state index in [1.807, 2.05) is 0 Å². The van der Waals surface area contributed by atoms with Gasteiger partial charge < -0.3 is 4.98 Å². The molecule has 0 aliphatic rings. The second-order valence-corrected chi connectivity index (χ2v) is 2.69. The van der Waals surface area contributed by atoms with E-state index < -0.39 is 17.5 Å². The highest BCUT2D eigenvalue weighted by Gasteiger charge is 2.15. The first kappa shape index (κ1) is 10.9. The van der Waals surface area contributed by atoms with Crippen LogP contribution in [0.5, 0.6) is 0 Å². The minimum Gasteiger partial charge on any atom is -0.323 e. The van der Waals surface area contributed by atoms with Crippen LogP contribution in [0, 0.1) is 22.7 Å². The van der Waals surface area contributed by atoms with E-state index in [2.05, 4.69) is 4.98 Å². The highest BCUT2D eigenvalue weighted by molar-refractivity contribution is 5.37. The maximum absolute atomic E-state index is 12.3. The summed E-state index contributed by atoms with van der Waals surface area (Å²) >= 11 is 0. The minimum atomic E-state index is -2.93. The van der Waals surface area contributed by atoms with Crippen molar-refractivity contribution in [2.75, 3.05) is 0 Å². The van der Waals surface area contributed by atoms with Gasteiger partial charge in [0.2, 0.25) is 0 Å². The van der Waals surface area contributed by atoms with Crippen LogP contribution >= 0.6 is 0 Å². The molecule has 0 unspecified atom stereocenters. The SMILES string of the molecule is N#CCc1[nH]c(=O)c(C(F)F)cc1C#N. The molecule has 1 N–H and O–H groups in total. The number of alkyl halides is 2. The zero-order valence-electron chi connectivity index (χ0n) is 7.42. The zero-order chi connectivity index (χ0) is 11.4. The Labute approximate surface area is 83.4 Å². The molecule has 1 heterocycles. The summed E-state index contributed by atoms with van der Waals surface area (Å²) in [7, 11) is 0. The lowest BCUT2D eigenvalue weighted by Crippen LogP contribution is -2.16. The standard InChI is InChI=1S/C9H5F2N3O/c10-8(11)6-3-5(4-13)7(1-2-12)14-9(6)15/h3,8H,1H2,(H,14,15). The van der Waals surface area contributed by atoms with Gasteiger partial charge in [-0.1, -0.05) is 0 Å². The average molecular weight is 209 g/mol. The molecule has 4 nitrogen and oxygen atoms in total. The Balaban J connectivity index is 3.39. The van der Waals surface area contributed by atoms with Crippen molar-refractivity contribution >= 4 is 0 Å². The number of aromatic nitrogens is 1. The van der Waals surface area contributed by atoms with Crippen LogP contribution in [-0.2, 0) is 6.42 Å². The van der Waals surface area contributed by atoms with Crippen molar-refractivity contribution in [2.24, 2.45) is 0 Å². The van der Waals surface area contributed by atoms with E-state index in [4.69, 9.17) is 10.5 Å². The Morgan fingerprint density at radius 1 is 1.47 bits per heavy atom. The van der Waals surface area contributed by atoms with Gasteiger partial charge in [0.25, 0.3) is 12.0 Å². The third kappa shape index (κ3) is 2.18. The molecule has 0 aliphatic heterocycles. The summed E-state index contributed by atoms with van der Waals surface area (Å²) in [4.78, 5) is 13.2. The first-order valence-electron chi connectivity index (χ1n) is 3.91. The van der Waals surface area contributed by atoms with Crippen LogP contribution in [0.2, 0.25) is 0 Å². The van der Waals surface area contributed by atoms with Crippen LogP contribution < -0.4 is 5.56 Å². The normalized spacial score (nSPS) is 9.67. The molecule has 0 bridgehead atoms. The fraction of sp³-hybridized carbons (Fsp3) is 0.222. The van der Waals surface area contributed by atoms with Crippen LogP contribution in [0.25, 0.3) is 0 Å². The van der Waals surface area contributed by atoms with Gasteiger partial charge in [-0.25, -0.2) is 8.78 Å². The minimum absolute atomic E-state index is 0.0643. The van der Waals surface area contributed by atoms with Crippen molar-refractivity contribution in [2.45, 2.75) is 12.8 Å². The van der Waals surface area contributed by atoms with Crippen molar-refractivity contribution < 1.29 is 8.78 Å². The Morgan fingerprint density at radius 2 is 2.13 bits per heavy atom. The number of H-pyrrole nitrogens is 1. The molecule has 1 rings (SSSR count). The Bertz CT molecular complexity index is 508. The number of halogens is 2. The van der Waals surface area contributed by atoms with Crippen LogP contribution in [0.3, 0.4) is 0 Å². The average Bonchev–Trinajstić information content (AvgIpc) is 2.18. The molecule has 1 aromatic heterocycles. The first-order chi connectivity index (χ1) is 7.10. The summed E-state index contributed by atoms with van der Waals surface area (Å²) < 4.78 is 24.5. The van der Waals surface area contributed by atoms with Gasteiger partial charge in [-0.3, -0.25) is 4.79 Å². The number of nitrogens with zero attached hydrogens (tertiary/aromatic N) is 2. The van der Waals surface area contributed by atoms with Gasteiger partial charge in [-0.15, -0.1) is 0 Å². The van der Waals surface area contributed by atoms with Crippen molar-refractivity contribution in [1.82, 2.24) is 4.98 Å². The highest BCUT2D eigenvalue weighted by Crippen LogP contribution is 2.16. The van der Waals surface area contributed by atoms with E-state index in [-0.39, 0.29) is 17.7 Å². The van der Waals surface area contributed by atoms with E-state index >= 15 is 0 Å². The molecule has 0 fully saturated rings. The van der Waals surface area contributed by atoms with Crippen molar-refractivity contribution in [1.29, 1.82) is 10.5 Å². The Morgan fingerprint density at radius 3 is 2.60 bits per heavy atom. The maximum Gasteiger partial charge on any atom is 0.269 e. The largest absolute Gasteiger partial charge is 0.323 e. The Kier molecular flexibility index (Phi) is 3.14. The van der Waals surface area contributed by atoms with Crippen LogP contribution in [0.4, 0.5) is 8.78 Å². The van der Waals surface area contributed by atoms with E-state index in [9.17, 15) is 13.6 Å². The van der Waals surface area contributed by atoms with Crippen LogP contribution in [0.1, 0.15) is 23.2 Å². The lowest BCUT2D eigenvalue weighted by molar-refractivity contribution is 0.149. The predicted octanol–water partition coefficient (Wildman–Crippen LogP) is 1.25. The molecule has 0 aliphatic carbocycles. The summed E-state index contributed by atoms with van der Waals surface area (Å²) in [6.07, 6.45) is -3.13. The van der Waals surface area contributed by atoms with E-state index in [1.165, 1.54) is 0 Å². The summed E-state index contributed by atoms with van der Waals surface area (Å²) in [5, 5.41) is 17.0. The number of hydrogen-bond acceptors (Lipinski definition) is 3. The zero-order valence-corrected chi connectivity index (χ0v) is 7.42. The van der Waals surface area contributed by atoms with Crippen LogP contribution in [0.15, 0.2) is 10.9 Å². The monoisotopic (exact) mass is 209 g/mol. The summed E-state index contributed by atoms with van der Waals surface area (Å²) in [5.41, 5.74) is -1.76. The quantitative estimate of drug-likeness (QED) is 0.795. The molecule has 0 spiro atoms. The van der Waals surface area contributed by atoms with Gasteiger partial charge in [0.15, 0.2) is 0 Å². The molecule has 0 aromatic carbocycles. The topological polar surface area (TPSA) is 80.4 Å². The van der Waals surface area contributed by atoms with E-state index in [1.54, 1.807) is 12.1 Å². The maximum atomic E-state index is 12.3. The molecule has 1 aromatic rings. The predicted molar refractivity (Wildman–Crippen MR) is 46.1 cm³/mol. The lowest BCUT2D eigenvalue weighted by atomic mass is 10.1. The molecule has 0 saturated heterocycles. The summed E-state index contributed by atoms with van der Waals surface area (Å²) in [6.45, 7) is 0. The summed E-state index contributed by atoms with van der Waals surface area (Å²) in [5.74, 6) is 0. The van der Waals surface area contributed by atoms with Gasteiger partial charge >= 0.3 is 0 Å².